The summed E-state index contributed by atoms with van der Waals surface area (Å²) in [5, 5.41) is 0. The lowest BCUT2D eigenvalue weighted by Crippen LogP contribution is -2.25. The van der Waals surface area contributed by atoms with E-state index in [9.17, 15) is 9.18 Å². The molecule has 0 radical (unpaired) electrons. The molecule has 0 aliphatic rings. The first-order valence-electron chi connectivity index (χ1n) is 5.51. The average Bonchev–Trinajstić information content (AvgIpc) is 2.23. The van der Waals surface area contributed by atoms with Crippen molar-refractivity contribution >= 4 is 5.97 Å². The molecule has 1 atom stereocenters. The molecule has 0 aliphatic heterocycles. The number of carbonyl (C=O) groups excluding carboxylic acids is 1. The van der Waals surface area contributed by atoms with E-state index < -0.39 is 12.3 Å². The zero-order valence-electron chi connectivity index (χ0n) is 10.5. The number of esters is 1. The topological polar surface area (TPSA) is 35.5 Å². The minimum Gasteiger partial charge on any atom is -0.461 e. The first-order chi connectivity index (χ1) is 7.95. The number of hydrogen-bond acceptors (Lipinski definition) is 3. The average molecular weight is 240 g/mol. The summed E-state index contributed by atoms with van der Waals surface area (Å²) in [6.07, 6.45) is -2.07. The molecule has 0 saturated carbocycles. The van der Waals surface area contributed by atoms with Gasteiger partial charge in [0.2, 0.25) is 0 Å². The van der Waals surface area contributed by atoms with E-state index in [0.29, 0.717) is 5.75 Å². The van der Waals surface area contributed by atoms with Crippen LogP contribution in [0.5, 0.6) is 5.75 Å². The second-order valence-corrected chi connectivity index (χ2v) is 3.91. The predicted molar refractivity (Wildman–Crippen MR) is 62.8 cm³/mol. The highest BCUT2D eigenvalue weighted by Crippen LogP contribution is 2.26. The normalized spacial score (nSPS) is 12.1. The Bertz CT molecular complexity index is 392. The van der Waals surface area contributed by atoms with E-state index in [4.69, 9.17) is 4.74 Å². The fourth-order valence-electron chi connectivity index (χ4n) is 1.71. The van der Waals surface area contributed by atoms with E-state index in [2.05, 4.69) is 4.74 Å². The third-order valence-corrected chi connectivity index (χ3v) is 2.30. The highest BCUT2D eigenvalue weighted by molar-refractivity contribution is 5.73. The molecular weight excluding hydrogens is 223 g/mol. The molecule has 0 spiro atoms. The van der Waals surface area contributed by atoms with Crippen LogP contribution in [0.1, 0.15) is 23.6 Å². The fraction of sp³-hybridized carbons (Fsp3) is 0.462. The summed E-state index contributed by atoms with van der Waals surface area (Å²) in [6, 6.07) is 3.75. The van der Waals surface area contributed by atoms with Crippen LogP contribution in [-0.4, -0.2) is 18.9 Å². The van der Waals surface area contributed by atoms with Crippen LogP contribution < -0.4 is 4.74 Å². The van der Waals surface area contributed by atoms with Crippen molar-refractivity contribution in [2.75, 3.05) is 6.61 Å². The Kier molecular flexibility index (Phi) is 4.49. The molecule has 0 aliphatic carbocycles. The lowest BCUT2D eigenvalue weighted by molar-refractivity contribution is -0.159. The molecule has 1 aromatic rings. The molecular formula is C13H17FO3. The Morgan fingerprint density at radius 3 is 2.29 bits per heavy atom. The maximum atomic E-state index is 13.4. The van der Waals surface area contributed by atoms with Gasteiger partial charge in [0.15, 0.2) is 0 Å². The van der Waals surface area contributed by atoms with Crippen molar-refractivity contribution in [2.45, 2.75) is 34.1 Å². The molecule has 0 aromatic heterocycles. The van der Waals surface area contributed by atoms with E-state index in [1.54, 1.807) is 6.92 Å². The SMILES string of the molecule is CCOC(=O)C(F)Oc1c(C)cc(C)cc1C. The number of benzene rings is 1. The first kappa shape index (κ1) is 13.5. The van der Waals surface area contributed by atoms with Crippen LogP contribution in [0.4, 0.5) is 4.39 Å². The van der Waals surface area contributed by atoms with Crippen molar-refractivity contribution in [1.82, 2.24) is 0 Å². The summed E-state index contributed by atoms with van der Waals surface area (Å²) in [7, 11) is 0. The van der Waals surface area contributed by atoms with Crippen molar-refractivity contribution < 1.29 is 18.7 Å². The van der Waals surface area contributed by atoms with E-state index in [0.717, 1.165) is 16.7 Å². The quantitative estimate of drug-likeness (QED) is 0.759. The minimum absolute atomic E-state index is 0.133. The fourth-order valence-corrected chi connectivity index (χ4v) is 1.71. The van der Waals surface area contributed by atoms with Crippen molar-refractivity contribution in [2.24, 2.45) is 0 Å². The first-order valence-corrected chi connectivity index (χ1v) is 5.51. The number of hydrogen-bond donors (Lipinski definition) is 0. The molecule has 1 aromatic carbocycles. The molecule has 94 valence electrons. The van der Waals surface area contributed by atoms with Gasteiger partial charge in [-0.15, -0.1) is 0 Å². The molecule has 17 heavy (non-hydrogen) atoms. The Hall–Kier alpha value is -1.58. The van der Waals surface area contributed by atoms with Gasteiger partial charge in [0, 0.05) is 0 Å². The standard InChI is InChI=1S/C13H17FO3/c1-5-16-13(15)12(14)17-11-9(3)6-8(2)7-10(11)4/h6-7,12H,5H2,1-4H3. The predicted octanol–water partition coefficient (Wildman–Crippen LogP) is 2.85. The zero-order valence-corrected chi connectivity index (χ0v) is 10.5. The molecule has 0 bridgehead atoms. The number of rotatable bonds is 4. The van der Waals surface area contributed by atoms with Gasteiger partial charge in [-0.05, 0) is 38.8 Å². The van der Waals surface area contributed by atoms with Crippen LogP contribution >= 0.6 is 0 Å². The largest absolute Gasteiger partial charge is 0.461 e. The second kappa shape index (κ2) is 5.66. The van der Waals surface area contributed by atoms with Gasteiger partial charge in [0.25, 0.3) is 0 Å². The van der Waals surface area contributed by atoms with Gasteiger partial charge in [-0.2, -0.15) is 4.39 Å². The molecule has 1 unspecified atom stereocenters. The van der Waals surface area contributed by atoms with Crippen LogP contribution in [0.25, 0.3) is 0 Å². The third kappa shape index (κ3) is 3.44. The number of alkyl halides is 1. The van der Waals surface area contributed by atoms with Gasteiger partial charge in [-0.1, -0.05) is 17.7 Å². The van der Waals surface area contributed by atoms with Crippen LogP contribution in [-0.2, 0) is 9.53 Å². The van der Waals surface area contributed by atoms with Crippen molar-refractivity contribution in [3.8, 4) is 5.75 Å². The highest BCUT2D eigenvalue weighted by atomic mass is 19.1. The molecule has 0 N–H and O–H groups in total. The maximum absolute atomic E-state index is 13.4. The summed E-state index contributed by atoms with van der Waals surface area (Å²) in [5.41, 5.74) is 2.67. The summed E-state index contributed by atoms with van der Waals surface area (Å²) >= 11 is 0. The zero-order chi connectivity index (χ0) is 13.0. The number of aryl methyl sites for hydroxylation is 3. The van der Waals surface area contributed by atoms with E-state index in [1.807, 2.05) is 32.9 Å². The van der Waals surface area contributed by atoms with E-state index in [-0.39, 0.29) is 6.61 Å². The molecule has 4 heteroatoms. The molecule has 0 amide bonds. The molecule has 3 nitrogen and oxygen atoms in total. The number of ether oxygens (including phenoxy) is 2. The smallest absolute Gasteiger partial charge is 0.381 e. The Morgan fingerprint density at radius 2 is 1.82 bits per heavy atom. The van der Waals surface area contributed by atoms with Gasteiger partial charge in [-0.3, -0.25) is 0 Å². The van der Waals surface area contributed by atoms with Gasteiger partial charge in [-0.25, -0.2) is 4.79 Å². The monoisotopic (exact) mass is 240 g/mol. The van der Waals surface area contributed by atoms with Crippen LogP contribution in [0.3, 0.4) is 0 Å². The van der Waals surface area contributed by atoms with E-state index >= 15 is 0 Å². The van der Waals surface area contributed by atoms with Crippen LogP contribution in [0.15, 0.2) is 12.1 Å². The summed E-state index contributed by atoms with van der Waals surface area (Å²) in [6.45, 7) is 7.32. The summed E-state index contributed by atoms with van der Waals surface area (Å²) < 4.78 is 23.0. The third-order valence-electron chi connectivity index (χ3n) is 2.30. The molecule has 1 rings (SSSR count). The van der Waals surface area contributed by atoms with Crippen molar-refractivity contribution in [3.63, 3.8) is 0 Å². The Balaban J connectivity index is 2.85. The highest BCUT2D eigenvalue weighted by Gasteiger charge is 2.22. The summed E-state index contributed by atoms with van der Waals surface area (Å²) in [5.74, 6) is -0.594. The summed E-state index contributed by atoms with van der Waals surface area (Å²) in [4.78, 5) is 11.1. The molecule has 0 fully saturated rings. The lowest BCUT2D eigenvalue weighted by atomic mass is 10.1. The molecule has 0 saturated heterocycles. The Labute approximate surface area is 101 Å². The minimum atomic E-state index is -2.07. The van der Waals surface area contributed by atoms with Crippen LogP contribution in [0.2, 0.25) is 0 Å². The number of halogens is 1. The molecule has 0 heterocycles. The maximum Gasteiger partial charge on any atom is 0.381 e. The van der Waals surface area contributed by atoms with Gasteiger partial charge in [0.05, 0.1) is 6.61 Å². The van der Waals surface area contributed by atoms with Crippen molar-refractivity contribution in [3.05, 3.63) is 28.8 Å². The van der Waals surface area contributed by atoms with Gasteiger partial charge < -0.3 is 9.47 Å². The van der Waals surface area contributed by atoms with Crippen LogP contribution in [0, 0.1) is 20.8 Å². The van der Waals surface area contributed by atoms with Crippen molar-refractivity contribution in [1.29, 1.82) is 0 Å². The van der Waals surface area contributed by atoms with E-state index in [1.165, 1.54) is 0 Å². The van der Waals surface area contributed by atoms with Gasteiger partial charge >= 0.3 is 12.3 Å². The second-order valence-electron chi connectivity index (χ2n) is 3.91. The number of carbonyl (C=O) groups is 1. The lowest BCUT2D eigenvalue weighted by Gasteiger charge is -2.15. The van der Waals surface area contributed by atoms with Gasteiger partial charge in [0.1, 0.15) is 5.75 Å². The Morgan fingerprint density at radius 1 is 1.29 bits per heavy atom.